The minimum absolute atomic E-state index is 0.218. The molecule has 1 N–H and O–H groups in total. The van der Waals surface area contributed by atoms with Gasteiger partial charge in [-0.2, -0.15) is 0 Å². The van der Waals surface area contributed by atoms with Gasteiger partial charge in [0.1, 0.15) is 0 Å². The second kappa shape index (κ2) is 5.43. The molecule has 0 aliphatic heterocycles. The van der Waals surface area contributed by atoms with Crippen molar-refractivity contribution in [3.05, 3.63) is 33.8 Å². The van der Waals surface area contributed by atoms with Gasteiger partial charge in [-0.15, -0.1) is 0 Å². The van der Waals surface area contributed by atoms with Crippen LogP contribution in [0.3, 0.4) is 0 Å². The molecule has 0 aliphatic rings. The predicted octanol–water partition coefficient (Wildman–Crippen LogP) is 3.31. The fourth-order valence-corrected chi connectivity index (χ4v) is 2.16. The molecule has 4 heteroatoms. The van der Waals surface area contributed by atoms with Crippen LogP contribution in [-0.4, -0.2) is 8.96 Å². The first-order valence-electron chi connectivity index (χ1n) is 5.21. The Morgan fingerprint density at radius 2 is 2.00 bits per heavy atom. The summed E-state index contributed by atoms with van der Waals surface area (Å²) in [6.07, 6.45) is 0. The summed E-state index contributed by atoms with van der Waals surface area (Å²) < 4.78 is 15.7. The van der Waals surface area contributed by atoms with Crippen LogP contribution in [0.4, 0.5) is 0 Å². The average Bonchev–Trinajstić information content (AvgIpc) is 2.18. The standard InChI is InChI=1S/C12H18BrNOS/c1-9-7-10(5-6-11(9)13)8-14-16(15)12(2,3)4/h5-7,14H,8H2,1-4H3. The lowest BCUT2D eigenvalue weighted by molar-refractivity contribution is 0.635. The first-order valence-corrected chi connectivity index (χ1v) is 7.15. The van der Waals surface area contributed by atoms with Crippen molar-refractivity contribution >= 4 is 26.9 Å². The Labute approximate surface area is 109 Å². The first-order chi connectivity index (χ1) is 7.30. The molecule has 0 heterocycles. The molecule has 0 spiro atoms. The van der Waals surface area contributed by atoms with Crippen molar-refractivity contribution in [3.8, 4) is 0 Å². The Balaban J connectivity index is 2.62. The number of hydrogen-bond donors (Lipinski definition) is 1. The highest BCUT2D eigenvalue weighted by Crippen LogP contribution is 2.17. The Morgan fingerprint density at radius 3 is 2.50 bits per heavy atom. The van der Waals surface area contributed by atoms with Crippen LogP contribution < -0.4 is 4.72 Å². The lowest BCUT2D eigenvalue weighted by Gasteiger charge is -2.18. The maximum Gasteiger partial charge on any atom is 0.0973 e. The van der Waals surface area contributed by atoms with Crippen molar-refractivity contribution in [3.63, 3.8) is 0 Å². The van der Waals surface area contributed by atoms with Gasteiger partial charge in [0, 0.05) is 11.0 Å². The largest absolute Gasteiger partial charge is 0.242 e. The Morgan fingerprint density at radius 1 is 1.38 bits per heavy atom. The van der Waals surface area contributed by atoms with Crippen molar-refractivity contribution < 1.29 is 4.21 Å². The van der Waals surface area contributed by atoms with Crippen LogP contribution in [0.5, 0.6) is 0 Å². The van der Waals surface area contributed by atoms with Crippen molar-refractivity contribution in [2.45, 2.75) is 39.0 Å². The summed E-state index contributed by atoms with van der Waals surface area (Å²) in [5.41, 5.74) is 2.35. The van der Waals surface area contributed by atoms with E-state index >= 15 is 0 Å². The van der Waals surface area contributed by atoms with Crippen molar-refractivity contribution in [2.75, 3.05) is 0 Å². The molecule has 0 aromatic heterocycles. The summed E-state index contributed by atoms with van der Waals surface area (Å²) in [6.45, 7) is 8.57. The molecule has 0 fully saturated rings. The van der Waals surface area contributed by atoms with E-state index in [-0.39, 0.29) is 4.75 Å². The van der Waals surface area contributed by atoms with Gasteiger partial charge in [-0.1, -0.05) is 28.1 Å². The van der Waals surface area contributed by atoms with Gasteiger partial charge in [-0.3, -0.25) is 0 Å². The third-order valence-electron chi connectivity index (χ3n) is 2.19. The summed E-state index contributed by atoms with van der Waals surface area (Å²) in [6, 6.07) is 6.15. The lowest BCUT2D eigenvalue weighted by Crippen LogP contribution is -2.32. The minimum atomic E-state index is -1.01. The predicted molar refractivity (Wildman–Crippen MR) is 73.6 cm³/mol. The van der Waals surface area contributed by atoms with E-state index in [1.54, 1.807) is 0 Å². The average molecular weight is 304 g/mol. The van der Waals surface area contributed by atoms with Crippen LogP contribution in [0, 0.1) is 6.92 Å². The number of nitrogens with one attached hydrogen (secondary N) is 1. The van der Waals surface area contributed by atoms with Crippen molar-refractivity contribution in [2.24, 2.45) is 0 Å². The Hall–Kier alpha value is -0.190. The molecule has 1 aromatic carbocycles. The zero-order valence-corrected chi connectivity index (χ0v) is 12.5. The molecule has 1 atom stereocenters. The number of rotatable bonds is 3. The van der Waals surface area contributed by atoms with Crippen LogP contribution in [0.2, 0.25) is 0 Å². The third-order valence-corrected chi connectivity index (χ3v) is 4.59. The van der Waals surface area contributed by atoms with Crippen LogP contribution in [0.1, 0.15) is 31.9 Å². The molecule has 0 saturated carbocycles. The summed E-state index contributed by atoms with van der Waals surface area (Å²) in [4.78, 5) is 0. The quantitative estimate of drug-likeness (QED) is 0.912. The van der Waals surface area contributed by atoms with Crippen molar-refractivity contribution in [1.82, 2.24) is 4.72 Å². The molecule has 1 aromatic rings. The summed E-state index contributed by atoms with van der Waals surface area (Å²) in [5.74, 6) is 0. The molecule has 90 valence electrons. The molecule has 0 bridgehead atoms. The van der Waals surface area contributed by atoms with Gasteiger partial charge >= 0.3 is 0 Å². The summed E-state index contributed by atoms with van der Waals surface area (Å²) in [7, 11) is -1.01. The normalized spacial score (nSPS) is 13.8. The molecule has 0 aliphatic carbocycles. The Bertz CT molecular complexity index is 398. The number of hydrogen-bond acceptors (Lipinski definition) is 1. The van der Waals surface area contributed by atoms with Crippen LogP contribution in [0.25, 0.3) is 0 Å². The zero-order valence-electron chi connectivity index (χ0n) is 10.1. The molecule has 0 amide bonds. The molecule has 1 unspecified atom stereocenters. The number of benzene rings is 1. The number of halogens is 1. The third kappa shape index (κ3) is 4.00. The van der Waals surface area contributed by atoms with Crippen LogP contribution >= 0.6 is 15.9 Å². The molecule has 16 heavy (non-hydrogen) atoms. The molecular weight excluding hydrogens is 286 g/mol. The highest BCUT2D eigenvalue weighted by Gasteiger charge is 2.18. The van der Waals surface area contributed by atoms with E-state index in [2.05, 4.69) is 26.7 Å². The van der Waals surface area contributed by atoms with Gasteiger partial charge < -0.3 is 0 Å². The van der Waals surface area contributed by atoms with E-state index < -0.39 is 11.0 Å². The van der Waals surface area contributed by atoms with Gasteiger partial charge in [0.15, 0.2) is 0 Å². The van der Waals surface area contributed by atoms with E-state index in [9.17, 15) is 4.21 Å². The molecule has 0 radical (unpaired) electrons. The van der Waals surface area contributed by atoms with E-state index in [1.807, 2.05) is 39.8 Å². The van der Waals surface area contributed by atoms with Gasteiger partial charge in [0.25, 0.3) is 0 Å². The van der Waals surface area contributed by atoms with E-state index in [0.29, 0.717) is 6.54 Å². The molecular formula is C12H18BrNOS. The second-order valence-corrected chi connectivity index (χ2v) is 7.69. The summed E-state index contributed by atoms with van der Waals surface area (Å²) >= 11 is 3.46. The minimum Gasteiger partial charge on any atom is -0.242 e. The van der Waals surface area contributed by atoms with Gasteiger partial charge in [-0.05, 0) is 44.9 Å². The van der Waals surface area contributed by atoms with Gasteiger partial charge in [0.05, 0.1) is 15.7 Å². The smallest absolute Gasteiger partial charge is 0.0973 e. The zero-order chi connectivity index (χ0) is 12.3. The monoisotopic (exact) mass is 303 g/mol. The highest BCUT2D eigenvalue weighted by atomic mass is 79.9. The lowest BCUT2D eigenvalue weighted by atomic mass is 10.1. The molecule has 0 saturated heterocycles. The second-order valence-electron chi connectivity index (χ2n) is 4.79. The molecule has 2 nitrogen and oxygen atoms in total. The highest BCUT2D eigenvalue weighted by molar-refractivity contribution is 9.10. The molecule has 1 rings (SSSR count). The van der Waals surface area contributed by atoms with Crippen LogP contribution in [-0.2, 0) is 17.5 Å². The topological polar surface area (TPSA) is 29.1 Å². The maximum absolute atomic E-state index is 11.8. The van der Waals surface area contributed by atoms with Gasteiger partial charge in [-0.25, -0.2) is 8.93 Å². The first kappa shape index (κ1) is 13.9. The van der Waals surface area contributed by atoms with E-state index in [4.69, 9.17) is 0 Å². The van der Waals surface area contributed by atoms with Crippen molar-refractivity contribution in [1.29, 1.82) is 0 Å². The SMILES string of the molecule is Cc1cc(CNS(=O)C(C)(C)C)ccc1Br. The van der Waals surface area contributed by atoms with E-state index in [1.165, 1.54) is 5.56 Å². The van der Waals surface area contributed by atoms with Crippen LogP contribution in [0.15, 0.2) is 22.7 Å². The summed E-state index contributed by atoms with van der Waals surface area (Å²) in [5, 5.41) is 0. The number of aryl methyl sites for hydroxylation is 1. The fourth-order valence-electron chi connectivity index (χ4n) is 1.18. The fraction of sp³-hybridized carbons (Fsp3) is 0.500. The van der Waals surface area contributed by atoms with E-state index in [0.717, 1.165) is 10.0 Å². The van der Waals surface area contributed by atoms with Gasteiger partial charge in [0.2, 0.25) is 0 Å². The maximum atomic E-state index is 11.8. The Kier molecular flexibility index (Phi) is 4.71.